The summed E-state index contributed by atoms with van der Waals surface area (Å²) < 4.78 is 21.9. The molecule has 2 aromatic rings. The SMILES string of the molecule is O=C(O[n+]1ccccc1)O[P+](=O)OC(=O)O[n+]1ccccc1. The Kier molecular flexibility index (Phi) is 5.33. The first-order valence-corrected chi connectivity index (χ1v) is 6.93. The van der Waals surface area contributed by atoms with Gasteiger partial charge in [0.15, 0.2) is 0 Å². The number of rotatable bonds is 4. The van der Waals surface area contributed by atoms with Crippen molar-refractivity contribution in [1.82, 2.24) is 0 Å². The molecule has 0 amide bonds. The van der Waals surface area contributed by atoms with Crippen molar-refractivity contribution in [2.75, 3.05) is 0 Å². The molecule has 0 N–H and O–H groups in total. The number of carbonyl (C=O) groups is 2. The lowest BCUT2D eigenvalue weighted by Gasteiger charge is -1.90. The first kappa shape index (κ1) is 15.3. The van der Waals surface area contributed by atoms with E-state index < -0.39 is 20.6 Å². The van der Waals surface area contributed by atoms with Gasteiger partial charge in [0.1, 0.15) is 0 Å². The first-order chi connectivity index (χ1) is 10.6. The van der Waals surface area contributed by atoms with Crippen molar-refractivity contribution in [1.29, 1.82) is 0 Å². The van der Waals surface area contributed by atoms with Gasteiger partial charge in [-0.2, -0.15) is 9.59 Å². The normalized spacial score (nSPS) is 9.45. The second kappa shape index (κ2) is 7.65. The lowest BCUT2D eigenvalue weighted by molar-refractivity contribution is -0.870. The van der Waals surface area contributed by atoms with Gasteiger partial charge in [0.2, 0.25) is 24.8 Å². The summed E-state index contributed by atoms with van der Waals surface area (Å²) in [5, 5.41) is 0. The zero-order valence-corrected chi connectivity index (χ0v) is 11.9. The average Bonchev–Trinajstić information content (AvgIpc) is 2.48. The van der Waals surface area contributed by atoms with Gasteiger partial charge in [0.25, 0.3) is 0 Å². The van der Waals surface area contributed by atoms with Crippen LogP contribution in [0.5, 0.6) is 0 Å². The Balaban J connectivity index is 1.77. The summed E-state index contributed by atoms with van der Waals surface area (Å²) in [5.41, 5.74) is 0. The maximum atomic E-state index is 11.3. The summed E-state index contributed by atoms with van der Waals surface area (Å²) in [4.78, 5) is 31.8. The molecule has 9 nitrogen and oxygen atoms in total. The highest BCUT2D eigenvalue weighted by Crippen LogP contribution is 2.23. The summed E-state index contributed by atoms with van der Waals surface area (Å²) in [6.07, 6.45) is 3.03. The van der Waals surface area contributed by atoms with E-state index in [4.69, 9.17) is 0 Å². The lowest BCUT2D eigenvalue weighted by atomic mass is 10.5. The van der Waals surface area contributed by atoms with Gasteiger partial charge in [-0.1, -0.05) is 12.1 Å². The summed E-state index contributed by atoms with van der Waals surface area (Å²) >= 11 is 0. The third kappa shape index (κ3) is 5.14. The Bertz CT molecular complexity index is 608. The molecule has 0 bridgehead atoms. The third-order valence-corrected chi connectivity index (χ3v) is 2.63. The first-order valence-electron chi connectivity index (χ1n) is 5.84. The van der Waals surface area contributed by atoms with E-state index in [0.29, 0.717) is 0 Å². The fourth-order valence-corrected chi connectivity index (χ4v) is 1.58. The standard InChI is InChI=1S/C12H10N2O7P/c15-11(18-13-7-3-1-4-8-13)20-22(17)21-12(16)19-14-9-5-2-6-10-14/h1-10H/q+3. The van der Waals surface area contributed by atoms with Crippen molar-refractivity contribution in [2.24, 2.45) is 0 Å². The zero-order valence-electron chi connectivity index (χ0n) is 11.0. The number of hydrogen-bond donors (Lipinski definition) is 0. The second-order valence-corrected chi connectivity index (χ2v) is 4.37. The van der Waals surface area contributed by atoms with E-state index in [2.05, 4.69) is 18.7 Å². The molecule has 0 aliphatic rings. The minimum atomic E-state index is -3.08. The van der Waals surface area contributed by atoms with Crippen molar-refractivity contribution in [3.8, 4) is 0 Å². The van der Waals surface area contributed by atoms with Gasteiger partial charge in [-0.15, -0.1) is 18.7 Å². The number of aromatic nitrogens is 2. The van der Waals surface area contributed by atoms with E-state index in [1.165, 1.54) is 24.8 Å². The fraction of sp³-hybridized carbons (Fsp3) is 0. The lowest BCUT2D eigenvalue weighted by Crippen LogP contribution is -2.45. The Morgan fingerprint density at radius 3 is 1.41 bits per heavy atom. The van der Waals surface area contributed by atoms with Crippen LogP contribution >= 0.6 is 8.25 Å². The maximum absolute atomic E-state index is 11.3. The average molecular weight is 325 g/mol. The molecule has 2 rings (SSSR count). The molecule has 0 spiro atoms. The van der Waals surface area contributed by atoms with Gasteiger partial charge in [0.05, 0.1) is 0 Å². The highest BCUT2D eigenvalue weighted by atomic mass is 31.1. The quantitative estimate of drug-likeness (QED) is 0.604. The van der Waals surface area contributed by atoms with Crippen LogP contribution in [0.3, 0.4) is 0 Å². The minimum absolute atomic E-state index is 1.02. The van der Waals surface area contributed by atoms with Crippen molar-refractivity contribution in [2.45, 2.75) is 0 Å². The zero-order chi connectivity index (χ0) is 15.8. The number of carbonyl (C=O) groups excluding carboxylic acids is 2. The molecule has 0 unspecified atom stereocenters. The Labute approximate surface area is 125 Å². The van der Waals surface area contributed by atoms with E-state index >= 15 is 0 Å². The van der Waals surface area contributed by atoms with E-state index in [1.54, 1.807) is 36.4 Å². The highest BCUT2D eigenvalue weighted by Gasteiger charge is 2.37. The molecule has 2 aromatic heterocycles. The molecule has 0 aliphatic heterocycles. The van der Waals surface area contributed by atoms with Crippen LogP contribution < -0.4 is 19.1 Å². The van der Waals surface area contributed by atoms with Crippen LogP contribution in [0.4, 0.5) is 9.59 Å². The minimum Gasteiger partial charge on any atom is -0.195 e. The van der Waals surface area contributed by atoms with Crippen molar-refractivity contribution in [3.63, 3.8) is 0 Å². The van der Waals surface area contributed by atoms with E-state index in [9.17, 15) is 14.2 Å². The summed E-state index contributed by atoms with van der Waals surface area (Å²) in [5.74, 6) is 0. The summed E-state index contributed by atoms with van der Waals surface area (Å²) in [6, 6.07) is 9.78. The highest BCUT2D eigenvalue weighted by molar-refractivity contribution is 7.34. The van der Waals surface area contributed by atoms with Gasteiger partial charge in [0, 0.05) is 38.3 Å². The predicted molar refractivity (Wildman–Crippen MR) is 67.0 cm³/mol. The molecule has 22 heavy (non-hydrogen) atoms. The van der Waals surface area contributed by atoms with E-state index in [1.807, 2.05) is 0 Å². The van der Waals surface area contributed by atoms with Crippen molar-refractivity contribution >= 4 is 20.6 Å². The van der Waals surface area contributed by atoms with Crippen molar-refractivity contribution in [3.05, 3.63) is 61.2 Å². The third-order valence-electron chi connectivity index (χ3n) is 2.03. The van der Waals surface area contributed by atoms with Crippen LogP contribution in [0.2, 0.25) is 0 Å². The Morgan fingerprint density at radius 1 is 0.682 bits per heavy atom. The molecular weight excluding hydrogens is 315 g/mol. The van der Waals surface area contributed by atoms with Crippen LogP contribution in [-0.4, -0.2) is 12.3 Å². The second-order valence-electron chi connectivity index (χ2n) is 3.56. The largest absolute Gasteiger partial charge is 0.818 e. The number of pyridine rings is 2. The van der Waals surface area contributed by atoms with Gasteiger partial charge >= 0.3 is 20.6 Å². The molecular formula is C12H10N2O7P+3. The predicted octanol–water partition coefficient (Wildman–Crippen LogP) is 0.750. The Hall–Kier alpha value is -3.06. The molecule has 0 aromatic carbocycles. The summed E-state index contributed by atoms with van der Waals surface area (Å²) in [6.45, 7) is 0. The van der Waals surface area contributed by atoms with Crippen molar-refractivity contribution < 1.29 is 42.3 Å². The number of hydrogen-bond acceptors (Lipinski definition) is 7. The summed E-state index contributed by atoms with van der Waals surface area (Å²) in [7, 11) is -3.08. The van der Waals surface area contributed by atoms with Crippen LogP contribution in [0.1, 0.15) is 0 Å². The van der Waals surface area contributed by atoms with Gasteiger partial charge in [-0.05, 0) is 0 Å². The van der Waals surface area contributed by atoms with E-state index in [-0.39, 0.29) is 0 Å². The molecule has 0 saturated carbocycles. The fourth-order valence-electron chi connectivity index (χ4n) is 1.23. The molecule has 2 heterocycles. The maximum Gasteiger partial charge on any atom is 0.818 e. The topological polar surface area (TPSA) is 95.9 Å². The smallest absolute Gasteiger partial charge is 0.195 e. The molecule has 0 saturated heterocycles. The molecule has 10 heteroatoms. The van der Waals surface area contributed by atoms with Crippen LogP contribution in [0, 0.1) is 0 Å². The molecule has 0 fully saturated rings. The van der Waals surface area contributed by atoms with Gasteiger partial charge < -0.3 is 0 Å². The monoisotopic (exact) mass is 325 g/mol. The molecule has 0 aliphatic carbocycles. The van der Waals surface area contributed by atoms with Gasteiger partial charge in [-0.25, -0.2) is 0 Å². The van der Waals surface area contributed by atoms with Crippen LogP contribution in [0.15, 0.2) is 61.2 Å². The molecule has 0 atom stereocenters. The van der Waals surface area contributed by atoms with E-state index in [0.717, 1.165) is 9.46 Å². The van der Waals surface area contributed by atoms with Crippen LogP contribution in [-0.2, 0) is 13.6 Å². The molecule has 0 radical (unpaired) electrons. The van der Waals surface area contributed by atoms with Gasteiger partial charge in [-0.3, -0.25) is 0 Å². The Morgan fingerprint density at radius 2 is 1.05 bits per heavy atom. The number of nitrogens with zero attached hydrogens (tertiary/aromatic N) is 2. The van der Waals surface area contributed by atoms with Crippen LogP contribution in [0.25, 0.3) is 0 Å². The molecule has 112 valence electrons.